The molecule has 0 radical (unpaired) electrons. The molecule has 2 heterocycles. The van der Waals surface area contributed by atoms with Crippen molar-refractivity contribution < 1.29 is 9.47 Å². The van der Waals surface area contributed by atoms with Crippen LogP contribution in [0.4, 0.5) is 11.5 Å². The molecule has 3 rings (SSSR count). The molecule has 0 saturated heterocycles. The third kappa shape index (κ3) is 3.81. The molecular weight excluding hydrogens is 344 g/mol. The van der Waals surface area contributed by atoms with Crippen LogP contribution in [0, 0.1) is 0 Å². The smallest absolute Gasteiger partial charge is 0.151 e. The van der Waals surface area contributed by atoms with E-state index in [-0.39, 0.29) is 0 Å². The van der Waals surface area contributed by atoms with E-state index in [2.05, 4.69) is 28.0 Å². The van der Waals surface area contributed by atoms with Gasteiger partial charge in [0.05, 0.1) is 25.1 Å². The predicted molar refractivity (Wildman–Crippen MR) is 107 cm³/mol. The van der Waals surface area contributed by atoms with Crippen LogP contribution < -0.4 is 16.2 Å². The molecule has 0 aliphatic rings. The monoisotopic (exact) mass is 370 g/mol. The molecule has 0 fully saturated rings. The normalized spacial score (nSPS) is 11.4. The van der Waals surface area contributed by atoms with Crippen molar-refractivity contribution in [2.75, 3.05) is 45.4 Å². The van der Waals surface area contributed by atoms with Crippen molar-refractivity contribution in [3.8, 4) is 16.9 Å². The van der Waals surface area contributed by atoms with Gasteiger partial charge in [-0.3, -0.25) is 4.90 Å². The predicted octanol–water partition coefficient (Wildman–Crippen LogP) is 2.04. The second-order valence-corrected chi connectivity index (χ2v) is 6.27. The lowest BCUT2D eigenvalue weighted by atomic mass is 10.1. The molecule has 27 heavy (non-hydrogen) atoms. The van der Waals surface area contributed by atoms with E-state index in [4.69, 9.17) is 20.9 Å². The zero-order valence-electron chi connectivity index (χ0n) is 16.0. The van der Waals surface area contributed by atoms with Gasteiger partial charge in [-0.05, 0) is 30.3 Å². The summed E-state index contributed by atoms with van der Waals surface area (Å²) in [7, 11) is 3.31. The maximum Gasteiger partial charge on any atom is 0.151 e. The highest BCUT2D eigenvalue weighted by molar-refractivity contribution is 5.89. The van der Waals surface area contributed by atoms with Crippen LogP contribution in [0.2, 0.25) is 0 Å². The van der Waals surface area contributed by atoms with Crippen LogP contribution in [-0.2, 0) is 11.3 Å². The van der Waals surface area contributed by atoms with Crippen LogP contribution in [0.5, 0.6) is 5.75 Å². The molecule has 1 aromatic carbocycles. The molecule has 8 heteroatoms. The minimum absolute atomic E-state index is 0.432. The van der Waals surface area contributed by atoms with Crippen LogP contribution >= 0.6 is 0 Å². The number of benzene rings is 1. The van der Waals surface area contributed by atoms with Gasteiger partial charge in [0.1, 0.15) is 17.6 Å². The Morgan fingerprint density at radius 3 is 2.70 bits per heavy atom. The van der Waals surface area contributed by atoms with E-state index < -0.39 is 0 Å². The van der Waals surface area contributed by atoms with Gasteiger partial charge < -0.3 is 20.9 Å². The molecule has 0 spiro atoms. The number of rotatable bonds is 8. The summed E-state index contributed by atoms with van der Waals surface area (Å²) in [5.41, 5.74) is 16.4. The third-order valence-corrected chi connectivity index (χ3v) is 4.65. The van der Waals surface area contributed by atoms with Crippen LogP contribution in [0.1, 0.15) is 12.6 Å². The summed E-state index contributed by atoms with van der Waals surface area (Å²) in [6.07, 6.45) is 1.48. The van der Waals surface area contributed by atoms with E-state index in [1.807, 2.05) is 22.7 Å². The number of methoxy groups -OCH3 is 2. The Bertz CT molecular complexity index is 924. The lowest BCUT2D eigenvalue weighted by Gasteiger charge is -2.19. The Morgan fingerprint density at radius 1 is 1.19 bits per heavy atom. The Balaban J connectivity index is 2.09. The van der Waals surface area contributed by atoms with Crippen LogP contribution in [0.15, 0.2) is 30.6 Å². The number of hydrogen-bond acceptors (Lipinski definition) is 7. The lowest BCUT2D eigenvalue weighted by Crippen LogP contribution is -2.27. The van der Waals surface area contributed by atoms with Crippen molar-refractivity contribution in [2.24, 2.45) is 0 Å². The van der Waals surface area contributed by atoms with Crippen molar-refractivity contribution >= 4 is 17.0 Å². The molecule has 0 unspecified atom stereocenters. The number of ether oxygens (including phenoxy) is 2. The molecule has 8 nitrogen and oxygen atoms in total. The molecule has 0 aliphatic carbocycles. The van der Waals surface area contributed by atoms with Gasteiger partial charge in [-0.1, -0.05) is 13.0 Å². The topological polar surface area (TPSA) is 104 Å². The van der Waals surface area contributed by atoms with Gasteiger partial charge in [-0.2, -0.15) is 5.10 Å². The third-order valence-electron chi connectivity index (χ3n) is 4.65. The summed E-state index contributed by atoms with van der Waals surface area (Å²) in [6, 6.07) is 7.78. The molecule has 2 aromatic heterocycles. The van der Waals surface area contributed by atoms with Gasteiger partial charge in [0.25, 0.3) is 0 Å². The number of nitrogen functional groups attached to an aromatic ring is 2. The summed E-state index contributed by atoms with van der Waals surface area (Å²) in [5, 5.41) is 4.43. The van der Waals surface area contributed by atoms with Crippen LogP contribution in [0.25, 0.3) is 16.6 Å². The molecule has 0 saturated carbocycles. The van der Waals surface area contributed by atoms with E-state index in [9.17, 15) is 0 Å². The maximum atomic E-state index is 6.19. The highest BCUT2D eigenvalue weighted by Gasteiger charge is 2.17. The molecule has 4 N–H and O–H groups in total. The zero-order valence-corrected chi connectivity index (χ0v) is 16.0. The zero-order chi connectivity index (χ0) is 19.4. The summed E-state index contributed by atoms with van der Waals surface area (Å²) in [4.78, 5) is 6.46. The van der Waals surface area contributed by atoms with Gasteiger partial charge >= 0.3 is 0 Å². The Morgan fingerprint density at radius 2 is 2.00 bits per heavy atom. The highest BCUT2D eigenvalue weighted by Crippen LogP contribution is 2.34. The van der Waals surface area contributed by atoms with Crippen molar-refractivity contribution in [3.63, 3.8) is 0 Å². The SMILES string of the molecule is CCN(CCOC)Cc1cc(-c2ccc(N)c(OC)c2)c2c(N)ncnn12. The van der Waals surface area contributed by atoms with Crippen LogP contribution in [-0.4, -0.2) is 53.4 Å². The maximum absolute atomic E-state index is 6.19. The number of aromatic nitrogens is 3. The fourth-order valence-corrected chi connectivity index (χ4v) is 3.14. The van der Waals surface area contributed by atoms with Crippen molar-refractivity contribution in [2.45, 2.75) is 13.5 Å². The molecular formula is C19H26N6O2. The summed E-state index contributed by atoms with van der Waals surface area (Å²) < 4.78 is 12.4. The van der Waals surface area contributed by atoms with Gasteiger partial charge in [0.2, 0.25) is 0 Å². The van der Waals surface area contributed by atoms with Gasteiger partial charge in [0.15, 0.2) is 5.82 Å². The van der Waals surface area contributed by atoms with Crippen molar-refractivity contribution in [3.05, 3.63) is 36.3 Å². The molecule has 0 aliphatic heterocycles. The minimum atomic E-state index is 0.432. The second-order valence-electron chi connectivity index (χ2n) is 6.27. The number of hydrogen-bond donors (Lipinski definition) is 2. The summed E-state index contributed by atoms with van der Waals surface area (Å²) in [5.74, 6) is 1.06. The van der Waals surface area contributed by atoms with Crippen LogP contribution in [0.3, 0.4) is 0 Å². The van der Waals surface area contributed by atoms with Gasteiger partial charge in [0, 0.05) is 25.8 Å². The Labute approximate surface area is 158 Å². The molecule has 0 amide bonds. The van der Waals surface area contributed by atoms with Crippen molar-refractivity contribution in [1.29, 1.82) is 0 Å². The first-order valence-corrected chi connectivity index (χ1v) is 8.85. The lowest BCUT2D eigenvalue weighted by molar-refractivity contribution is 0.146. The minimum Gasteiger partial charge on any atom is -0.495 e. The summed E-state index contributed by atoms with van der Waals surface area (Å²) in [6.45, 7) is 5.27. The Hall–Kier alpha value is -2.84. The first-order chi connectivity index (χ1) is 13.1. The molecule has 0 bridgehead atoms. The fraction of sp³-hybridized carbons (Fsp3) is 0.368. The van der Waals surface area contributed by atoms with E-state index in [1.165, 1.54) is 6.33 Å². The molecule has 144 valence electrons. The van der Waals surface area contributed by atoms with E-state index in [0.717, 1.165) is 42.0 Å². The van der Waals surface area contributed by atoms with Gasteiger partial charge in [-0.15, -0.1) is 0 Å². The Kier molecular flexibility index (Phi) is 5.78. The number of nitrogens with zero attached hydrogens (tertiary/aromatic N) is 4. The quantitative estimate of drug-likeness (QED) is 0.585. The number of fused-ring (bicyclic) bond motifs is 1. The first-order valence-electron chi connectivity index (χ1n) is 8.85. The largest absolute Gasteiger partial charge is 0.495 e. The highest BCUT2D eigenvalue weighted by atomic mass is 16.5. The number of anilines is 2. The van der Waals surface area contributed by atoms with E-state index in [1.54, 1.807) is 14.2 Å². The molecule has 3 aromatic rings. The molecule has 0 atom stereocenters. The standard InChI is InChI=1S/C19H26N6O2/c1-4-24(7-8-26-2)11-14-10-15(18-19(21)22-12-23-25(14)18)13-5-6-16(20)17(9-13)27-3/h5-6,9-10,12H,4,7-8,11,20H2,1-3H3,(H2,21,22,23). The second kappa shape index (κ2) is 8.24. The average molecular weight is 370 g/mol. The van der Waals surface area contributed by atoms with Gasteiger partial charge in [-0.25, -0.2) is 9.50 Å². The van der Waals surface area contributed by atoms with Crippen molar-refractivity contribution in [1.82, 2.24) is 19.5 Å². The summed E-state index contributed by atoms with van der Waals surface area (Å²) >= 11 is 0. The van der Waals surface area contributed by atoms with E-state index >= 15 is 0 Å². The average Bonchev–Trinajstić information content (AvgIpc) is 3.05. The number of likely N-dealkylation sites (N-methyl/N-ethyl adjacent to an activating group) is 1. The van der Waals surface area contributed by atoms with E-state index in [0.29, 0.717) is 23.9 Å². The first kappa shape index (κ1) is 18.9. The number of nitrogens with two attached hydrogens (primary N) is 2. The fourth-order valence-electron chi connectivity index (χ4n) is 3.14.